The molecule has 12 aromatic rings. The van der Waals surface area contributed by atoms with Crippen LogP contribution < -0.4 is 0 Å². The number of aromatic nitrogens is 2. The summed E-state index contributed by atoms with van der Waals surface area (Å²) in [4.78, 5) is 0. The van der Waals surface area contributed by atoms with Crippen LogP contribution in [0.4, 0.5) is 0 Å². The van der Waals surface area contributed by atoms with Gasteiger partial charge < -0.3 is 9.13 Å². The molecule has 60 heavy (non-hydrogen) atoms. The Morgan fingerprint density at radius 2 is 0.933 bits per heavy atom. The zero-order valence-corrected chi connectivity index (χ0v) is 34.1. The quantitative estimate of drug-likeness (QED) is 0.168. The van der Waals surface area contributed by atoms with Gasteiger partial charge in [0.05, 0.1) is 22.1 Å². The van der Waals surface area contributed by atoms with Crippen molar-refractivity contribution in [1.29, 1.82) is 0 Å². The summed E-state index contributed by atoms with van der Waals surface area (Å²) in [6.45, 7) is 4.80. The Morgan fingerprint density at radius 1 is 0.367 bits per heavy atom. The summed E-state index contributed by atoms with van der Waals surface area (Å²) in [7, 11) is 0. The topological polar surface area (TPSA) is 9.86 Å². The molecule has 0 spiro atoms. The zero-order valence-electron chi connectivity index (χ0n) is 33.3. The van der Waals surface area contributed by atoms with Gasteiger partial charge in [-0.15, -0.1) is 11.3 Å². The maximum atomic E-state index is 2.48. The lowest BCUT2D eigenvalue weighted by Crippen LogP contribution is -2.15. The van der Waals surface area contributed by atoms with Gasteiger partial charge >= 0.3 is 0 Å². The molecule has 9 aromatic carbocycles. The number of thiophene rings is 1. The SMILES string of the molecule is CC1(C)c2cc(-n3c4ccccc4c4cc(-c5ccc6c7ccccc7n(-c7ccc(-c8ccccc8)cc7)c6c5)ccc43)ccc2-c2c1ccc1c2sc2ccccc21. The van der Waals surface area contributed by atoms with Crippen molar-refractivity contribution in [1.82, 2.24) is 9.13 Å². The summed E-state index contributed by atoms with van der Waals surface area (Å²) < 4.78 is 7.65. The smallest absolute Gasteiger partial charge is 0.0547 e. The van der Waals surface area contributed by atoms with Gasteiger partial charge in [-0.25, -0.2) is 0 Å². The van der Waals surface area contributed by atoms with Gasteiger partial charge in [0, 0.05) is 64.1 Å². The predicted molar refractivity (Wildman–Crippen MR) is 256 cm³/mol. The van der Waals surface area contributed by atoms with Crippen LogP contribution in [0.3, 0.4) is 0 Å². The Bertz CT molecular complexity index is 3730. The van der Waals surface area contributed by atoms with Gasteiger partial charge in [0.25, 0.3) is 0 Å². The second kappa shape index (κ2) is 12.4. The molecular formula is C57H38N2S. The molecule has 0 saturated heterocycles. The van der Waals surface area contributed by atoms with E-state index in [9.17, 15) is 0 Å². The van der Waals surface area contributed by atoms with E-state index in [1.54, 1.807) is 0 Å². The highest BCUT2D eigenvalue weighted by atomic mass is 32.1. The molecule has 0 saturated carbocycles. The molecule has 3 aromatic heterocycles. The molecule has 2 nitrogen and oxygen atoms in total. The minimum Gasteiger partial charge on any atom is -0.309 e. The molecule has 0 fully saturated rings. The van der Waals surface area contributed by atoms with Crippen LogP contribution in [0.25, 0.3) is 109 Å². The molecule has 0 atom stereocenters. The number of para-hydroxylation sites is 2. The van der Waals surface area contributed by atoms with Crippen molar-refractivity contribution < 1.29 is 0 Å². The van der Waals surface area contributed by atoms with Crippen molar-refractivity contribution in [2.75, 3.05) is 0 Å². The van der Waals surface area contributed by atoms with Crippen molar-refractivity contribution >= 4 is 75.1 Å². The summed E-state index contributed by atoms with van der Waals surface area (Å²) in [5, 5.41) is 7.75. The number of hydrogen-bond donors (Lipinski definition) is 0. The van der Waals surface area contributed by atoms with Crippen LogP contribution in [-0.2, 0) is 5.41 Å². The van der Waals surface area contributed by atoms with Crippen LogP contribution >= 0.6 is 11.3 Å². The van der Waals surface area contributed by atoms with E-state index in [0.717, 1.165) is 5.69 Å². The Labute approximate surface area is 351 Å². The summed E-state index contributed by atoms with van der Waals surface area (Å²) in [5.74, 6) is 0. The van der Waals surface area contributed by atoms with Gasteiger partial charge in [-0.3, -0.25) is 0 Å². The zero-order chi connectivity index (χ0) is 39.7. The Hall–Kier alpha value is -7.20. The number of hydrogen-bond acceptors (Lipinski definition) is 1. The summed E-state index contributed by atoms with van der Waals surface area (Å²) in [5.41, 5.74) is 17.5. The van der Waals surface area contributed by atoms with Gasteiger partial charge in [-0.05, 0) is 99.6 Å². The van der Waals surface area contributed by atoms with E-state index in [4.69, 9.17) is 0 Å². The van der Waals surface area contributed by atoms with Crippen LogP contribution in [-0.4, -0.2) is 9.13 Å². The average molecular weight is 783 g/mol. The first-order valence-corrected chi connectivity index (χ1v) is 21.7. The number of rotatable bonds is 4. The normalized spacial score (nSPS) is 13.3. The second-order valence-electron chi connectivity index (χ2n) is 16.9. The van der Waals surface area contributed by atoms with Crippen molar-refractivity contribution in [2.24, 2.45) is 0 Å². The highest BCUT2D eigenvalue weighted by molar-refractivity contribution is 7.26. The van der Waals surface area contributed by atoms with Gasteiger partial charge in [0.2, 0.25) is 0 Å². The van der Waals surface area contributed by atoms with Crippen molar-refractivity contribution in [2.45, 2.75) is 19.3 Å². The van der Waals surface area contributed by atoms with Crippen molar-refractivity contribution in [3.05, 3.63) is 205 Å². The minimum absolute atomic E-state index is 0.123. The first-order valence-electron chi connectivity index (χ1n) is 20.8. The highest BCUT2D eigenvalue weighted by Gasteiger charge is 2.37. The van der Waals surface area contributed by atoms with Crippen molar-refractivity contribution in [3.63, 3.8) is 0 Å². The molecule has 0 amide bonds. The lowest BCUT2D eigenvalue weighted by atomic mass is 9.82. The predicted octanol–water partition coefficient (Wildman–Crippen LogP) is 15.9. The largest absolute Gasteiger partial charge is 0.309 e. The Kier molecular flexibility index (Phi) is 6.98. The molecule has 1 aliphatic rings. The molecule has 0 bridgehead atoms. The van der Waals surface area contributed by atoms with Crippen LogP contribution in [0.2, 0.25) is 0 Å². The van der Waals surface area contributed by atoms with Crippen LogP contribution in [0.5, 0.6) is 0 Å². The van der Waals surface area contributed by atoms with E-state index < -0.39 is 0 Å². The monoisotopic (exact) mass is 782 g/mol. The molecular weight excluding hydrogens is 745 g/mol. The van der Waals surface area contributed by atoms with E-state index >= 15 is 0 Å². The average Bonchev–Trinajstić information content (AvgIpc) is 4.01. The van der Waals surface area contributed by atoms with Crippen LogP contribution in [0, 0.1) is 0 Å². The van der Waals surface area contributed by atoms with Gasteiger partial charge in [0.1, 0.15) is 0 Å². The second-order valence-corrected chi connectivity index (χ2v) is 18.0. The first-order chi connectivity index (χ1) is 29.5. The molecule has 3 heteroatoms. The molecule has 282 valence electrons. The standard InChI is InChI=1S/C57H38N2S/c1-57(2)48-30-29-45-44-16-8-11-19-54(44)60-56(45)55(48)46-28-26-40(34-49(46)57)59-51-18-10-7-15-42(51)47-32-37(23-31-52(47)59)38-22-27-43-41-14-6-9-17-50(41)58(53(43)33-38)39-24-20-36(21-25-39)35-12-4-3-5-13-35/h3-34H,1-2H3. The summed E-state index contributed by atoms with van der Waals surface area (Å²) in [6, 6.07) is 72.1. The number of benzene rings is 9. The molecule has 0 aliphatic heterocycles. The minimum atomic E-state index is -0.123. The van der Waals surface area contributed by atoms with Crippen LogP contribution in [0.15, 0.2) is 194 Å². The lowest BCUT2D eigenvalue weighted by molar-refractivity contribution is 0.660. The Balaban J connectivity index is 0.951. The van der Waals surface area contributed by atoms with E-state index in [0.29, 0.717) is 0 Å². The third-order valence-corrected chi connectivity index (χ3v) is 14.5. The first kappa shape index (κ1) is 33.7. The summed E-state index contributed by atoms with van der Waals surface area (Å²) in [6.07, 6.45) is 0. The fourth-order valence-electron chi connectivity index (χ4n) is 10.4. The fourth-order valence-corrected chi connectivity index (χ4v) is 11.7. The van der Waals surface area contributed by atoms with E-state index in [2.05, 4.69) is 217 Å². The maximum absolute atomic E-state index is 2.48. The number of nitrogens with zero attached hydrogens (tertiary/aromatic N) is 2. The maximum Gasteiger partial charge on any atom is 0.0547 e. The van der Waals surface area contributed by atoms with Gasteiger partial charge in [0.15, 0.2) is 0 Å². The van der Waals surface area contributed by atoms with E-state index in [-0.39, 0.29) is 5.41 Å². The molecule has 1 aliphatic carbocycles. The van der Waals surface area contributed by atoms with Crippen LogP contribution in [0.1, 0.15) is 25.0 Å². The molecule has 13 rings (SSSR count). The lowest BCUT2D eigenvalue weighted by Gasteiger charge is -2.22. The van der Waals surface area contributed by atoms with Gasteiger partial charge in [-0.2, -0.15) is 0 Å². The summed E-state index contributed by atoms with van der Waals surface area (Å²) >= 11 is 1.93. The Morgan fingerprint density at radius 3 is 1.73 bits per heavy atom. The molecule has 3 heterocycles. The van der Waals surface area contributed by atoms with E-state index in [1.165, 1.54) is 114 Å². The van der Waals surface area contributed by atoms with Crippen molar-refractivity contribution in [3.8, 4) is 44.8 Å². The molecule has 0 N–H and O–H groups in total. The van der Waals surface area contributed by atoms with Gasteiger partial charge in [-0.1, -0.05) is 147 Å². The third-order valence-electron chi connectivity index (χ3n) is 13.3. The fraction of sp³-hybridized carbons (Fsp3) is 0.0526. The third kappa shape index (κ3) is 4.70. The number of fused-ring (bicyclic) bond motifs is 13. The molecule has 0 unspecified atom stereocenters. The van der Waals surface area contributed by atoms with E-state index in [1.807, 2.05) is 11.3 Å². The molecule has 0 radical (unpaired) electrons. The highest BCUT2D eigenvalue weighted by Crippen LogP contribution is 2.54.